The number of aliphatic hydroxyl groups is 1. The summed E-state index contributed by atoms with van der Waals surface area (Å²) in [7, 11) is 4.44. The van der Waals surface area contributed by atoms with Gasteiger partial charge in [-0.25, -0.2) is 9.59 Å². The summed E-state index contributed by atoms with van der Waals surface area (Å²) in [5.41, 5.74) is 3.46. The molecule has 1 aromatic rings. The van der Waals surface area contributed by atoms with E-state index in [9.17, 15) is 14.7 Å². The van der Waals surface area contributed by atoms with Crippen LogP contribution in [0.3, 0.4) is 0 Å². The zero-order valence-electron chi connectivity index (χ0n) is 19.8. The third-order valence-electron chi connectivity index (χ3n) is 6.12. The highest BCUT2D eigenvalue weighted by Crippen LogP contribution is 2.30. The SMILES string of the molecule is COC(=O)C1=CC(CCCO)=CC(c2ccc(CN3CCCC3)cc2)N(C)C=C1C(=O)OC. The molecule has 0 aliphatic carbocycles. The van der Waals surface area contributed by atoms with Gasteiger partial charge in [0.15, 0.2) is 0 Å². The lowest BCUT2D eigenvalue weighted by Gasteiger charge is -2.28. The number of likely N-dealkylation sites (N-methyl/N-ethyl adjacent to an activating group) is 1. The third-order valence-corrected chi connectivity index (χ3v) is 6.12. The fourth-order valence-electron chi connectivity index (χ4n) is 4.33. The molecule has 0 spiro atoms. The summed E-state index contributed by atoms with van der Waals surface area (Å²) in [6.07, 6.45) is 9.01. The molecule has 2 aliphatic rings. The fraction of sp³-hybridized carbons (Fsp3) is 0.462. The van der Waals surface area contributed by atoms with Crippen molar-refractivity contribution < 1.29 is 24.2 Å². The van der Waals surface area contributed by atoms with Gasteiger partial charge in [0.25, 0.3) is 0 Å². The number of allylic oxidation sites excluding steroid dienone is 2. The third kappa shape index (κ3) is 6.33. The van der Waals surface area contributed by atoms with Crippen LogP contribution >= 0.6 is 0 Å². The molecule has 2 heterocycles. The standard InChI is InChI=1S/C26H34N2O5/c1-27-18-23(26(31)33-3)22(25(30)32-2)15-20(7-6-14-29)16-24(27)21-10-8-19(9-11-21)17-28-12-4-5-13-28/h8-11,15-16,18,24,29H,4-7,12-14,17H2,1-3H3. The van der Waals surface area contributed by atoms with Crippen LogP contribution < -0.4 is 0 Å². The van der Waals surface area contributed by atoms with Crippen LogP contribution in [0.1, 0.15) is 42.9 Å². The highest BCUT2D eigenvalue weighted by molar-refractivity contribution is 6.07. The Kier molecular flexibility index (Phi) is 8.86. The van der Waals surface area contributed by atoms with Gasteiger partial charge in [0.2, 0.25) is 0 Å². The highest BCUT2D eigenvalue weighted by Gasteiger charge is 2.27. The van der Waals surface area contributed by atoms with E-state index in [0.29, 0.717) is 12.8 Å². The maximum absolute atomic E-state index is 12.6. The molecular weight excluding hydrogens is 420 g/mol. The van der Waals surface area contributed by atoms with Crippen molar-refractivity contribution in [2.75, 3.05) is 41.0 Å². The lowest BCUT2D eigenvalue weighted by molar-refractivity contribution is -0.139. The molecule has 1 aromatic carbocycles. The Morgan fingerprint density at radius 1 is 1.03 bits per heavy atom. The zero-order chi connectivity index (χ0) is 23.8. The van der Waals surface area contributed by atoms with Gasteiger partial charge < -0.3 is 19.5 Å². The average molecular weight is 455 g/mol. The molecule has 0 amide bonds. The molecule has 0 radical (unpaired) electrons. The zero-order valence-corrected chi connectivity index (χ0v) is 19.8. The van der Waals surface area contributed by atoms with Crippen LogP contribution in [-0.2, 0) is 25.6 Å². The molecule has 1 N–H and O–H groups in total. The molecule has 7 nitrogen and oxygen atoms in total. The van der Waals surface area contributed by atoms with Crippen molar-refractivity contribution in [2.45, 2.75) is 38.3 Å². The highest BCUT2D eigenvalue weighted by atomic mass is 16.5. The summed E-state index contributed by atoms with van der Waals surface area (Å²) in [6.45, 7) is 3.29. The predicted octanol–water partition coefficient (Wildman–Crippen LogP) is 3.12. The summed E-state index contributed by atoms with van der Waals surface area (Å²) in [5, 5.41) is 9.37. The van der Waals surface area contributed by atoms with E-state index in [4.69, 9.17) is 9.47 Å². The van der Waals surface area contributed by atoms with Crippen LogP contribution in [0.2, 0.25) is 0 Å². The normalized spacial score (nSPS) is 19.2. The van der Waals surface area contributed by atoms with E-state index >= 15 is 0 Å². The van der Waals surface area contributed by atoms with E-state index < -0.39 is 11.9 Å². The van der Waals surface area contributed by atoms with Gasteiger partial charge in [0.05, 0.1) is 31.4 Å². The number of methoxy groups -OCH3 is 2. The van der Waals surface area contributed by atoms with E-state index in [1.807, 2.05) is 11.9 Å². The molecule has 33 heavy (non-hydrogen) atoms. The van der Waals surface area contributed by atoms with Crippen molar-refractivity contribution in [1.29, 1.82) is 0 Å². The van der Waals surface area contributed by atoms with Crippen LogP contribution in [0.5, 0.6) is 0 Å². The summed E-state index contributed by atoms with van der Waals surface area (Å²) in [4.78, 5) is 29.4. The van der Waals surface area contributed by atoms with Gasteiger partial charge in [0.1, 0.15) is 0 Å². The monoisotopic (exact) mass is 454 g/mol. The molecular formula is C26H34N2O5. The Morgan fingerprint density at radius 3 is 2.27 bits per heavy atom. The van der Waals surface area contributed by atoms with Gasteiger partial charge in [-0.3, -0.25) is 4.90 Å². The Bertz CT molecular complexity index is 927. The summed E-state index contributed by atoms with van der Waals surface area (Å²) >= 11 is 0. The van der Waals surface area contributed by atoms with Crippen molar-refractivity contribution >= 4 is 11.9 Å². The molecule has 0 bridgehead atoms. The Hall–Kier alpha value is -2.90. The number of carbonyl (C=O) groups is 2. The van der Waals surface area contributed by atoms with E-state index in [1.165, 1.54) is 32.6 Å². The van der Waals surface area contributed by atoms with Crippen molar-refractivity contribution in [3.05, 3.63) is 70.5 Å². The average Bonchev–Trinajstić information content (AvgIpc) is 3.34. The van der Waals surface area contributed by atoms with E-state index in [0.717, 1.165) is 30.8 Å². The van der Waals surface area contributed by atoms with Crippen LogP contribution in [0.25, 0.3) is 0 Å². The van der Waals surface area contributed by atoms with Crippen molar-refractivity contribution in [1.82, 2.24) is 9.80 Å². The molecule has 1 fully saturated rings. The van der Waals surface area contributed by atoms with Gasteiger partial charge in [-0.05, 0) is 61.5 Å². The van der Waals surface area contributed by atoms with Gasteiger partial charge in [-0.2, -0.15) is 0 Å². The summed E-state index contributed by atoms with van der Waals surface area (Å²) < 4.78 is 9.87. The van der Waals surface area contributed by atoms with E-state index in [-0.39, 0.29) is 23.8 Å². The molecule has 3 rings (SSSR count). The molecule has 0 aromatic heterocycles. The molecule has 7 heteroatoms. The van der Waals surface area contributed by atoms with Crippen molar-refractivity contribution in [3.63, 3.8) is 0 Å². The van der Waals surface area contributed by atoms with Crippen molar-refractivity contribution in [3.8, 4) is 0 Å². The van der Waals surface area contributed by atoms with Crippen LogP contribution in [0.15, 0.2) is 59.3 Å². The molecule has 2 aliphatic heterocycles. The number of nitrogens with zero attached hydrogens (tertiary/aromatic N) is 2. The molecule has 0 saturated carbocycles. The number of aliphatic hydroxyl groups excluding tert-OH is 1. The maximum atomic E-state index is 12.6. The number of ether oxygens (including phenoxy) is 2. The lowest BCUT2D eigenvalue weighted by atomic mass is 9.94. The van der Waals surface area contributed by atoms with Crippen molar-refractivity contribution in [2.24, 2.45) is 0 Å². The molecule has 1 atom stereocenters. The minimum absolute atomic E-state index is 0.0319. The second kappa shape index (κ2) is 11.8. The van der Waals surface area contributed by atoms with Crippen LogP contribution in [0, 0.1) is 0 Å². The largest absolute Gasteiger partial charge is 0.465 e. The predicted molar refractivity (Wildman–Crippen MR) is 126 cm³/mol. The number of hydrogen-bond donors (Lipinski definition) is 1. The fourth-order valence-corrected chi connectivity index (χ4v) is 4.33. The molecule has 1 unspecified atom stereocenters. The minimum Gasteiger partial charge on any atom is -0.465 e. The Labute approximate surface area is 196 Å². The first-order valence-corrected chi connectivity index (χ1v) is 11.4. The molecule has 1 saturated heterocycles. The minimum atomic E-state index is -0.611. The van der Waals surface area contributed by atoms with E-state index in [1.54, 1.807) is 12.3 Å². The first-order valence-electron chi connectivity index (χ1n) is 11.4. The quantitative estimate of drug-likeness (QED) is 0.605. The Balaban J connectivity index is 1.98. The second-order valence-corrected chi connectivity index (χ2v) is 8.49. The Morgan fingerprint density at radius 2 is 1.67 bits per heavy atom. The number of benzene rings is 1. The smallest absolute Gasteiger partial charge is 0.340 e. The first kappa shape index (κ1) is 24.7. The summed E-state index contributed by atoms with van der Waals surface area (Å²) in [6, 6.07) is 8.38. The topological polar surface area (TPSA) is 79.3 Å². The van der Waals surface area contributed by atoms with Crippen LogP contribution in [-0.4, -0.2) is 67.8 Å². The van der Waals surface area contributed by atoms with E-state index in [2.05, 4.69) is 35.2 Å². The lowest BCUT2D eigenvalue weighted by Crippen LogP contribution is -2.24. The number of rotatable bonds is 8. The first-order chi connectivity index (χ1) is 16.0. The molecule has 178 valence electrons. The second-order valence-electron chi connectivity index (χ2n) is 8.49. The number of hydrogen-bond acceptors (Lipinski definition) is 7. The maximum Gasteiger partial charge on any atom is 0.340 e. The number of esters is 2. The van der Waals surface area contributed by atoms with Crippen LogP contribution in [0.4, 0.5) is 0 Å². The van der Waals surface area contributed by atoms with Gasteiger partial charge in [-0.1, -0.05) is 30.3 Å². The van der Waals surface area contributed by atoms with Gasteiger partial charge in [0, 0.05) is 26.4 Å². The number of likely N-dealkylation sites (tertiary alicyclic amines) is 1. The summed E-state index contributed by atoms with van der Waals surface area (Å²) in [5.74, 6) is -1.22. The van der Waals surface area contributed by atoms with Gasteiger partial charge in [-0.15, -0.1) is 0 Å². The van der Waals surface area contributed by atoms with Gasteiger partial charge >= 0.3 is 11.9 Å². The number of carbonyl (C=O) groups excluding carboxylic acids is 2.